The lowest BCUT2D eigenvalue weighted by Crippen LogP contribution is -2.38. The number of aromatic amines is 1. The summed E-state index contributed by atoms with van der Waals surface area (Å²) in [5, 5.41) is 0. The minimum atomic E-state index is -0.586. The number of methoxy groups -OCH3 is 3. The maximum absolute atomic E-state index is 12.3. The Kier molecular flexibility index (Phi) is 7.08. The Bertz CT molecular complexity index is 646. The van der Waals surface area contributed by atoms with E-state index in [1.165, 1.54) is 0 Å². The minimum Gasteiger partial charge on any atom is -0.382 e. The first-order valence-corrected chi connectivity index (χ1v) is 8.01. The average Bonchev–Trinajstić information content (AvgIpc) is 2.89. The summed E-state index contributed by atoms with van der Waals surface area (Å²) in [5.74, 6) is 0. The van der Waals surface area contributed by atoms with Crippen LogP contribution in [0.15, 0.2) is 11.0 Å². The molecule has 0 amide bonds. The summed E-state index contributed by atoms with van der Waals surface area (Å²) in [5.41, 5.74) is 0.144. The molecule has 0 aromatic carbocycles. The first kappa shape index (κ1) is 19.2. The summed E-state index contributed by atoms with van der Waals surface area (Å²) in [6, 6.07) is 0. The largest absolute Gasteiger partial charge is 0.382 e. The molecule has 1 fully saturated rings. The van der Waals surface area contributed by atoms with E-state index in [-0.39, 0.29) is 17.8 Å². The van der Waals surface area contributed by atoms with E-state index in [1.807, 2.05) is 0 Å². The highest BCUT2D eigenvalue weighted by molar-refractivity contribution is 7.71. The van der Waals surface area contributed by atoms with E-state index in [0.29, 0.717) is 30.2 Å². The van der Waals surface area contributed by atoms with E-state index >= 15 is 0 Å². The second-order valence-corrected chi connectivity index (χ2v) is 5.92. The number of hydrogen-bond acceptors (Lipinski definition) is 7. The van der Waals surface area contributed by atoms with Crippen LogP contribution in [-0.4, -0.2) is 69.0 Å². The number of aromatic nitrogens is 2. The Morgan fingerprint density at radius 2 is 2.00 bits per heavy atom. The molecule has 2 heterocycles. The summed E-state index contributed by atoms with van der Waals surface area (Å²) in [7, 11) is 6.53. The van der Waals surface area contributed by atoms with Crippen molar-refractivity contribution in [3.63, 3.8) is 0 Å². The van der Waals surface area contributed by atoms with Gasteiger partial charge in [-0.3, -0.25) is 9.78 Å². The smallest absolute Gasteiger partial charge is 0.257 e. The summed E-state index contributed by atoms with van der Waals surface area (Å²) in [4.78, 5) is 15.0. The molecule has 0 spiro atoms. The molecular weight excluding hydrogens is 336 g/mol. The van der Waals surface area contributed by atoms with Crippen molar-refractivity contribution >= 4 is 12.2 Å². The lowest BCUT2D eigenvalue weighted by atomic mass is 10.0. The molecule has 0 bridgehead atoms. The monoisotopic (exact) mass is 360 g/mol. The molecule has 4 atom stereocenters. The summed E-state index contributed by atoms with van der Waals surface area (Å²) >= 11 is 5.08. The molecule has 136 valence electrons. The Morgan fingerprint density at radius 3 is 2.62 bits per heavy atom. The molecule has 0 radical (unpaired) electrons. The van der Waals surface area contributed by atoms with Crippen LogP contribution in [0.2, 0.25) is 0 Å². The Morgan fingerprint density at radius 1 is 1.25 bits per heavy atom. The molecule has 0 saturated carbocycles. The van der Waals surface area contributed by atoms with Gasteiger partial charge < -0.3 is 28.3 Å². The van der Waals surface area contributed by atoms with Crippen molar-refractivity contribution < 1.29 is 23.7 Å². The predicted molar refractivity (Wildman–Crippen MR) is 88.8 cm³/mol. The van der Waals surface area contributed by atoms with Crippen LogP contribution in [0, 0.1) is 4.77 Å². The molecule has 1 N–H and O–H groups in total. The zero-order valence-corrected chi connectivity index (χ0v) is 15.1. The van der Waals surface area contributed by atoms with Crippen LogP contribution >= 0.6 is 12.2 Å². The van der Waals surface area contributed by atoms with Gasteiger partial charge in [0, 0.05) is 34.6 Å². The molecule has 9 heteroatoms. The Hall–Kier alpha value is -1.10. The molecule has 0 aliphatic carbocycles. The number of H-pyrrole nitrogens is 1. The maximum Gasteiger partial charge on any atom is 0.257 e. The fourth-order valence-corrected chi connectivity index (χ4v) is 2.94. The van der Waals surface area contributed by atoms with Crippen molar-refractivity contribution in [2.75, 3.05) is 41.2 Å². The summed E-state index contributed by atoms with van der Waals surface area (Å²) < 4.78 is 29.7. The van der Waals surface area contributed by atoms with Gasteiger partial charge in [0.25, 0.3) is 5.56 Å². The van der Waals surface area contributed by atoms with Crippen molar-refractivity contribution in [1.82, 2.24) is 9.55 Å². The van der Waals surface area contributed by atoms with Crippen LogP contribution in [0.25, 0.3) is 0 Å². The van der Waals surface area contributed by atoms with Crippen molar-refractivity contribution in [2.24, 2.45) is 7.05 Å². The van der Waals surface area contributed by atoms with Crippen molar-refractivity contribution in [1.29, 1.82) is 0 Å². The number of rotatable bonds is 8. The van der Waals surface area contributed by atoms with Gasteiger partial charge in [-0.15, -0.1) is 0 Å². The molecule has 1 aliphatic heterocycles. The van der Waals surface area contributed by atoms with E-state index in [2.05, 4.69) is 4.98 Å². The number of hydrogen-bond donors (Lipinski definition) is 1. The van der Waals surface area contributed by atoms with Crippen LogP contribution in [0.1, 0.15) is 11.7 Å². The van der Waals surface area contributed by atoms with Crippen molar-refractivity contribution in [3.05, 3.63) is 26.9 Å². The van der Waals surface area contributed by atoms with E-state index in [0.717, 1.165) is 0 Å². The second-order valence-electron chi connectivity index (χ2n) is 5.53. The highest BCUT2D eigenvalue weighted by Crippen LogP contribution is 2.35. The van der Waals surface area contributed by atoms with Crippen LogP contribution in [0.4, 0.5) is 0 Å². The number of ether oxygens (including phenoxy) is 5. The zero-order chi connectivity index (χ0) is 17.7. The normalized spacial score (nSPS) is 26.8. The van der Waals surface area contributed by atoms with E-state index < -0.39 is 12.2 Å². The topological polar surface area (TPSA) is 83.9 Å². The van der Waals surface area contributed by atoms with Gasteiger partial charge in [0.05, 0.1) is 25.4 Å². The lowest BCUT2D eigenvalue weighted by molar-refractivity contribution is -0.0659. The summed E-state index contributed by atoms with van der Waals surface area (Å²) in [6.07, 6.45) is -0.0783. The molecule has 1 unspecified atom stereocenters. The molecular formula is C15H24N2O6S. The molecule has 8 nitrogen and oxygen atoms in total. The second kappa shape index (κ2) is 8.84. The summed E-state index contributed by atoms with van der Waals surface area (Å²) in [6.45, 7) is 1.13. The van der Waals surface area contributed by atoms with E-state index in [1.54, 1.807) is 39.1 Å². The fourth-order valence-electron chi connectivity index (χ4n) is 2.80. The third kappa shape index (κ3) is 4.11. The molecule has 24 heavy (non-hydrogen) atoms. The van der Waals surface area contributed by atoms with Gasteiger partial charge in [-0.05, 0) is 12.2 Å². The molecule has 1 aliphatic rings. The third-order valence-electron chi connectivity index (χ3n) is 3.95. The zero-order valence-electron chi connectivity index (χ0n) is 14.3. The SMILES string of the molecule is COCCO[C@H]1C(OC)[C@@H](COC)O[C@H]1c1cn(C)c(=S)[nH]c1=O. The average molecular weight is 360 g/mol. The molecule has 1 saturated heterocycles. The van der Waals surface area contributed by atoms with Gasteiger partial charge in [0.1, 0.15) is 24.4 Å². The molecule has 2 rings (SSSR count). The number of nitrogens with one attached hydrogen (secondary N) is 1. The van der Waals surface area contributed by atoms with Crippen LogP contribution in [0.5, 0.6) is 0 Å². The van der Waals surface area contributed by atoms with Gasteiger partial charge in [0.15, 0.2) is 4.77 Å². The van der Waals surface area contributed by atoms with Gasteiger partial charge in [-0.2, -0.15) is 0 Å². The molecule has 1 aromatic heterocycles. The fraction of sp³-hybridized carbons (Fsp3) is 0.733. The third-order valence-corrected chi connectivity index (χ3v) is 4.34. The number of nitrogens with zero attached hydrogens (tertiary/aromatic N) is 1. The van der Waals surface area contributed by atoms with Crippen molar-refractivity contribution in [2.45, 2.75) is 24.4 Å². The van der Waals surface area contributed by atoms with Crippen LogP contribution in [-0.2, 0) is 30.7 Å². The lowest BCUT2D eigenvalue weighted by Gasteiger charge is -2.23. The standard InChI is InChI=1S/C15H24N2O6S/c1-17-7-9(14(18)16-15(17)24)11-13(22-6-5-19-2)12(21-4)10(23-11)8-20-3/h7,10-13H,5-6,8H2,1-4H3,(H,16,18,24)/t10-,11+,12?,13-/m1/s1. The van der Waals surface area contributed by atoms with Crippen molar-refractivity contribution in [3.8, 4) is 0 Å². The quantitative estimate of drug-likeness (QED) is 0.536. The van der Waals surface area contributed by atoms with Gasteiger partial charge in [-0.25, -0.2) is 0 Å². The van der Waals surface area contributed by atoms with Crippen LogP contribution < -0.4 is 5.56 Å². The maximum atomic E-state index is 12.3. The van der Waals surface area contributed by atoms with Gasteiger partial charge in [-0.1, -0.05) is 0 Å². The minimum absolute atomic E-state index is 0.295. The van der Waals surface area contributed by atoms with E-state index in [9.17, 15) is 4.79 Å². The Labute approximate surface area is 145 Å². The highest BCUT2D eigenvalue weighted by Gasteiger charge is 2.47. The number of aryl methyl sites for hydroxylation is 1. The first-order chi connectivity index (χ1) is 11.5. The van der Waals surface area contributed by atoms with E-state index in [4.69, 9.17) is 35.9 Å². The molecule has 1 aromatic rings. The Balaban J connectivity index is 2.35. The predicted octanol–water partition coefficient (Wildman–Crippen LogP) is 0.576. The van der Waals surface area contributed by atoms with Gasteiger partial charge in [0.2, 0.25) is 0 Å². The first-order valence-electron chi connectivity index (χ1n) is 7.61. The highest BCUT2D eigenvalue weighted by atomic mass is 32.1. The van der Waals surface area contributed by atoms with Crippen LogP contribution in [0.3, 0.4) is 0 Å². The van der Waals surface area contributed by atoms with Gasteiger partial charge >= 0.3 is 0 Å².